The number of hydrogen-bond acceptors (Lipinski definition) is 5. The highest BCUT2D eigenvalue weighted by Gasteiger charge is 2.36. The van der Waals surface area contributed by atoms with Gasteiger partial charge in [0.15, 0.2) is 17.6 Å². The largest absolute Gasteiger partial charge is 0.506 e. The minimum atomic E-state index is -1.25. The van der Waals surface area contributed by atoms with E-state index in [1.165, 1.54) is 0 Å². The third-order valence-corrected chi connectivity index (χ3v) is 4.03. The monoisotopic (exact) mass is 305 g/mol. The number of hydrogen-bond donors (Lipinski definition) is 3. The SMILES string of the molecule is Cc1ccc2c(=S)n([C@@H]3OC(CO)=C(O)C3O)ccc2c1. The number of rotatable bonds is 2. The lowest BCUT2D eigenvalue weighted by Crippen LogP contribution is -2.23. The molecule has 1 aliphatic rings. The van der Waals surface area contributed by atoms with Gasteiger partial charge in [0.2, 0.25) is 6.23 Å². The molecule has 0 saturated heterocycles. The molecule has 1 aromatic carbocycles. The number of nitrogens with zero attached hydrogens (tertiary/aromatic N) is 1. The molecule has 2 heterocycles. The standard InChI is InChI=1S/C15H15NO4S/c1-8-2-3-10-9(6-8)4-5-16(15(10)21)14-13(19)12(18)11(7-17)20-14/h2-6,13-14,17-19H,7H2,1H3/t13?,14-/m1/s1. The quantitative estimate of drug-likeness (QED) is 0.743. The fraction of sp³-hybridized carbons (Fsp3) is 0.267. The third-order valence-electron chi connectivity index (χ3n) is 3.60. The Bertz CT molecular complexity index is 796. The van der Waals surface area contributed by atoms with E-state index in [-0.39, 0.29) is 11.5 Å². The molecule has 2 aromatic rings. The summed E-state index contributed by atoms with van der Waals surface area (Å²) in [4.78, 5) is 0. The van der Waals surface area contributed by atoms with Gasteiger partial charge in [0.05, 0.1) is 0 Å². The molecule has 3 rings (SSSR count). The van der Waals surface area contributed by atoms with Crippen LogP contribution in [0.4, 0.5) is 0 Å². The number of aliphatic hydroxyl groups is 3. The predicted octanol–water partition coefficient (Wildman–Crippen LogP) is 2.33. The Hall–Kier alpha value is -1.89. The summed E-state index contributed by atoms with van der Waals surface area (Å²) in [5, 5.41) is 30.7. The molecule has 110 valence electrons. The van der Waals surface area contributed by atoms with Gasteiger partial charge in [-0.1, -0.05) is 36.0 Å². The summed E-state index contributed by atoms with van der Waals surface area (Å²) in [7, 11) is 0. The summed E-state index contributed by atoms with van der Waals surface area (Å²) in [5.74, 6) is -0.383. The van der Waals surface area contributed by atoms with E-state index in [0.29, 0.717) is 4.64 Å². The van der Waals surface area contributed by atoms with Gasteiger partial charge < -0.3 is 20.1 Å². The molecule has 0 fully saturated rings. The Morgan fingerprint density at radius 3 is 2.76 bits per heavy atom. The summed E-state index contributed by atoms with van der Waals surface area (Å²) >= 11 is 5.45. The van der Waals surface area contributed by atoms with Crippen LogP contribution < -0.4 is 0 Å². The van der Waals surface area contributed by atoms with E-state index in [2.05, 4.69) is 0 Å². The van der Waals surface area contributed by atoms with Crippen molar-refractivity contribution in [2.45, 2.75) is 19.3 Å². The zero-order valence-corrected chi connectivity index (χ0v) is 12.2. The van der Waals surface area contributed by atoms with E-state index >= 15 is 0 Å². The molecule has 0 bridgehead atoms. The maximum atomic E-state index is 10.0. The van der Waals surface area contributed by atoms with Crippen molar-refractivity contribution in [1.82, 2.24) is 4.57 Å². The van der Waals surface area contributed by atoms with Crippen LogP contribution in [0.25, 0.3) is 10.8 Å². The van der Waals surface area contributed by atoms with Crippen molar-refractivity contribution >= 4 is 23.0 Å². The predicted molar refractivity (Wildman–Crippen MR) is 80.4 cm³/mol. The molecule has 5 nitrogen and oxygen atoms in total. The molecule has 3 N–H and O–H groups in total. The maximum Gasteiger partial charge on any atom is 0.210 e. The summed E-state index contributed by atoms with van der Waals surface area (Å²) in [6.07, 6.45) is -0.405. The van der Waals surface area contributed by atoms with E-state index < -0.39 is 18.9 Å². The average molecular weight is 305 g/mol. The normalized spacial score (nSPS) is 21.9. The molecular formula is C15H15NO4S. The number of aromatic nitrogens is 1. The summed E-state index contributed by atoms with van der Waals surface area (Å²) in [6, 6.07) is 7.78. The van der Waals surface area contributed by atoms with Crippen molar-refractivity contribution in [2.24, 2.45) is 0 Å². The lowest BCUT2D eigenvalue weighted by Gasteiger charge is -2.20. The molecule has 6 heteroatoms. The Labute approximate surface area is 126 Å². The second-order valence-electron chi connectivity index (χ2n) is 5.04. The first-order valence-electron chi connectivity index (χ1n) is 6.52. The van der Waals surface area contributed by atoms with Gasteiger partial charge in [-0.05, 0) is 18.4 Å². The van der Waals surface area contributed by atoms with Gasteiger partial charge in [-0.2, -0.15) is 0 Å². The summed E-state index contributed by atoms with van der Waals surface area (Å²) in [6.45, 7) is 1.53. The fourth-order valence-electron chi connectivity index (χ4n) is 2.48. The zero-order valence-electron chi connectivity index (χ0n) is 11.4. The number of ether oxygens (including phenoxy) is 1. The van der Waals surface area contributed by atoms with E-state index in [4.69, 9.17) is 22.1 Å². The second-order valence-corrected chi connectivity index (χ2v) is 5.43. The van der Waals surface area contributed by atoms with Gasteiger partial charge in [0, 0.05) is 11.6 Å². The number of benzene rings is 1. The Balaban J connectivity index is 2.09. The zero-order chi connectivity index (χ0) is 15.1. The Kier molecular flexibility index (Phi) is 3.44. The van der Waals surface area contributed by atoms with Gasteiger partial charge in [0.25, 0.3) is 0 Å². The number of aliphatic hydroxyl groups excluding tert-OH is 3. The van der Waals surface area contributed by atoms with Crippen LogP contribution >= 0.6 is 12.2 Å². The van der Waals surface area contributed by atoms with Crippen LogP contribution in [-0.2, 0) is 4.74 Å². The van der Waals surface area contributed by atoms with Crippen LogP contribution in [0.1, 0.15) is 11.8 Å². The van der Waals surface area contributed by atoms with Crippen molar-refractivity contribution in [3.63, 3.8) is 0 Å². The van der Waals surface area contributed by atoms with Gasteiger partial charge in [0.1, 0.15) is 11.2 Å². The molecule has 0 radical (unpaired) electrons. The minimum absolute atomic E-state index is 0.0293. The molecule has 21 heavy (non-hydrogen) atoms. The lowest BCUT2D eigenvalue weighted by atomic mass is 10.1. The van der Waals surface area contributed by atoms with E-state index in [1.807, 2.05) is 31.2 Å². The molecule has 1 aliphatic heterocycles. The number of aryl methyl sites for hydroxylation is 1. The van der Waals surface area contributed by atoms with Crippen molar-refractivity contribution in [3.05, 3.63) is 52.2 Å². The highest BCUT2D eigenvalue weighted by atomic mass is 32.1. The number of pyridine rings is 1. The smallest absolute Gasteiger partial charge is 0.210 e. The topological polar surface area (TPSA) is 74.9 Å². The Morgan fingerprint density at radius 2 is 2.10 bits per heavy atom. The van der Waals surface area contributed by atoms with Crippen LogP contribution in [0.5, 0.6) is 0 Å². The molecule has 1 unspecified atom stereocenters. The Morgan fingerprint density at radius 1 is 1.33 bits per heavy atom. The van der Waals surface area contributed by atoms with E-state index in [0.717, 1.165) is 16.3 Å². The first-order chi connectivity index (χ1) is 10.0. The van der Waals surface area contributed by atoms with Gasteiger partial charge in [-0.25, -0.2) is 0 Å². The van der Waals surface area contributed by atoms with Crippen LogP contribution in [0.15, 0.2) is 42.0 Å². The van der Waals surface area contributed by atoms with Crippen LogP contribution in [0.3, 0.4) is 0 Å². The molecule has 0 spiro atoms. The first-order valence-corrected chi connectivity index (χ1v) is 6.93. The van der Waals surface area contributed by atoms with Crippen molar-refractivity contribution in [1.29, 1.82) is 0 Å². The molecule has 1 aromatic heterocycles. The van der Waals surface area contributed by atoms with Gasteiger partial charge >= 0.3 is 0 Å². The van der Waals surface area contributed by atoms with Crippen molar-refractivity contribution < 1.29 is 20.1 Å². The van der Waals surface area contributed by atoms with Crippen molar-refractivity contribution in [2.75, 3.05) is 6.61 Å². The van der Waals surface area contributed by atoms with Crippen LogP contribution in [-0.4, -0.2) is 32.6 Å². The van der Waals surface area contributed by atoms with Crippen molar-refractivity contribution in [3.8, 4) is 0 Å². The lowest BCUT2D eigenvalue weighted by molar-refractivity contribution is -0.0150. The molecule has 2 atom stereocenters. The molecule has 0 saturated carbocycles. The molecule has 0 aliphatic carbocycles. The van der Waals surface area contributed by atoms with Gasteiger partial charge in [-0.3, -0.25) is 4.57 Å². The number of fused-ring (bicyclic) bond motifs is 1. The molecule has 0 amide bonds. The van der Waals surface area contributed by atoms with E-state index in [1.54, 1.807) is 10.8 Å². The first kappa shape index (κ1) is 14.1. The highest BCUT2D eigenvalue weighted by molar-refractivity contribution is 7.71. The third kappa shape index (κ3) is 2.21. The summed E-state index contributed by atoms with van der Waals surface area (Å²) < 4.78 is 7.48. The summed E-state index contributed by atoms with van der Waals surface area (Å²) in [5.41, 5.74) is 1.13. The molecular weight excluding hydrogens is 290 g/mol. The van der Waals surface area contributed by atoms with Crippen LogP contribution in [0.2, 0.25) is 0 Å². The van der Waals surface area contributed by atoms with Crippen LogP contribution in [0, 0.1) is 11.6 Å². The van der Waals surface area contributed by atoms with E-state index in [9.17, 15) is 10.2 Å². The highest BCUT2D eigenvalue weighted by Crippen LogP contribution is 2.32. The fourth-order valence-corrected chi connectivity index (χ4v) is 2.83. The van der Waals surface area contributed by atoms with Gasteiger partial charge in [-0.15, -0.1) is 0 Å². The average Bonchev–Trinajstić information content (AvgIpc) is 2.75. The minimum Gasteiger partial charge on any atom is -0.506 e. The maximum absolute atomic E-state index is 10.0. The second kappa shape index (κ2) is 5.14.